The largest absolute Gasteiger partial charge is 0.496 e. The maximum absolute atomic E-state index is 11.6. The molecule has 4 nitrogen and oxygen atoms in total. The molecular formula is C21H27NO3. The summed E-state index contributed by atoms with van der Waals surface area (Å²) in [6, 6.07) is 17.9. The Labute approximate surface area is 150 Å². The van der Waals surface area contributed by atoms with Crippen molar-refractivity contribution in [2.75, 3.05) is 40.0 Å². The summed E-state index contributed by atoms with van der Waals surface area (Å²) in [6.45, 7) is 4.23. The SMILES string of the molecule is COc1ccccc1C(O)(CCN1CCOCC1)Cc1ccccc1. The summed E-state index contributed by atoms with van der Waals surface area (Å²) in [5.74, 6) is 0.739. The number of hydrogen-bond acceptors (Lipinski definition) is 4. The van der Waals surface area contributed by atoms with Crippen molar-refractivity contribution in [3.8, 4) is 5.75 Å². The first kappa shape index (κ1) is 17.9. The van der Waals surface area contributed by atoms with Gasteiger partial charge in [-0.05, 0) is 18.1 Å². The van der Waals surface area contributed by atoms with Crippen LogP contribution in [0.3, 0.4) is 0 Å². The van der Waals surface area contributed by atoms with Crippen LogP contribution in [0.5, 0.6) is 5.75 Å². The van der Waals surface area contributed by atoms with Crippen molar-refractivity contribution in [1.82, 2.24) is 4.90 Å². The average molecular weight is 341 g/mol. The van der Waals surface area contributed by atoms with Gasteiger partial charge in [-0.1, -0.05) is 48.5 Å². The molecule has 1 fully saturated rings. The molecule has 3 rings (SSSR count). The molecule has 0 bridgehead atoms. The summed E-state index contributed by atoms with van der Waals surface area (Å²) < 4.78 is 11.0. The Bertz CT molecular complexity index is 655. The lowest BCUT2D eigenvalue weighted by Crippen LogP contribution is -2.40. The zero-order chi connectivity index (χ0) is 17.5. The summed E-state index contributed by atoms with van der Waals surface area (Å²) in [5.41, 5.74) is 1.01. The second kappa shape index (κ2) is 8.48. The fourth-order valence-electron chi connectivity index (χ4n) is 3.45. The van der Waals surface area contributed by atoms with E-state index in [-0.39, 0.29) is 0 Å². The van der Waals surface area contributed by atoms with Crippen LogP contribution >= 0.6 is 0 Å². The van der Waals surface area contributed by atoms with Gasteiger partial charge in [0.25, 0.3) is 0 Å². The average Bonchev–Trinajstić information content (AvgIpc) is 2.68. The molecule has 1 atom stereocenters. The minimum Gasteiger partial charge on any atom is -0.496 e. The zero-order valence-electron chi connectivity index (χ0n) is 14.9. The first-order chi connectivity index (χ1) is 12.2. The molecule has 1 heterocycles. The third-order valence-electron chi connectivity index (χ3n) is 4.89. The third-order valence-corrected chi connectivity index (χ3v) is 4.89. The van der Waals surface area contributed by atoms with E-state index < -0.39 is 5.60 Å². The predicted octanol–water partition coefficient (Wildman–Crippen LogP) is 2.85. The number of aliphatic hydroxyl groups is 1. The first-order valence-corrected chi connectivity index (χ1v) is 8.91. The van der Waals surface area contributed by atoms with E-state index in [1.165, 1.54) is 0 Å². The van der Waals surface area contributed by atoms with Gasteiger partial charge in [-0.3, -0.25) is 4.90 Å². The summed E-state index contributed by atoms with van der Waals surface area (Å²) >= 11 is 0. The Balaban J connectivity index is 1.84. The van der Waals surface area contributed by atoms with Crippen LogP contribution in [0.4, 0.5) is 0 Å². The van der Waals surface area contributed by atoms with Crippen molar-refractivity contribution in [2.24, 2.45) is 0 Å². The molecule has 1 N–H and O–H groups in total. The van der Waals surface area contributed by atoms with Crippen molar-refractivity contribution in [3.63, 3.8) is 0 Å². The topological polar surface area (TPSA) is 41.9 Å². The van der Waals surface area contributed by atoms with Gasteiger partial charge in [-0.2, -0.15) is 0 Å². The lowest BCUT2D eigenvalue weighted by Gasteiger charge is -2.34. The van der Waals surface area contributed by atoms with Gasteiger partial charge >= 0.3 is 0 Å². The molecule has 0 aliphatic carbocycles. The number of para-hydroxylation sites is 1. The van der Waals surface area contributed by atoms with Crippen LogP contribution in [0.2, 0.25) is 0 Å². The van der Waals surface area contributed by atoms with Crippen LogP contribution in [0, 0.1) is 0 Å². The van der Waals surface area contributed by atoms with Crippen molar-refractivity contribution in [1.29, 1.82) is 0 Å². The quantitative estimate of drug-likeness (QED) is 0.841. The van der Waals surface area contributed by atoms with Crippen LogP contribution in [0.15, 0.2) is 54.6 Å². The van der Waals surface area contributed by atoms with E-state index in [0.717, 1.165) is 49.7 Å². The number of hydrogen-bond donors (Lipinski definition) is 1. The highest BCUT2D eigenvalue weighted by molar-refractivity contribution is 5.39. The van der Waals surface area contributed by atoms with E-state index in [4.69, 9.17) is 9.47 Å². The van der Waals surface area contributed by atoms with E-state index in [0.29, 0.717) is 12.8 Å². The van der Waals surface area contributed by atoms with Gasteiger partial charge < -0.3 is 14.6 Å². The number of nitrogens with zero attached hydrogens (tertiary/aromatic N) is 1. The maximum atomic E-state index is 11.6. The third kappa shape index (κ3) is 4.60. The molecule has 4 heteroatoms. The van der Waals surface area contributed by atoms with Crippen molar-refractivity contribution in [2.45, 2.75) is 18.4 Å². The van der Waals surface area contributed by atoms with Crippen molar-refractivity contribution < 1.29 is 14.6 Å². The Morgan fingerprint density at radius 1 is 1.04 bits per heavy atom. The van der Waals surface area contributed by atoms with E-state index >= 15 is 0 Å². The molecule has 1 saturated heterocycles. The van der Waals surface area contributed by atoms with Gasteiger partial charge in [0, 0.05) is 31.6 Å². The van der Waals surface area contributed by atoms with Gasteiger partial charge in [0.1, 0.15) is 5.75 Å². The van der Waals surface area contributed by atoms with E-state index in [1.807, 2.05) is 42.5 Å². The molecule has 0 aromatic heterocycles. The van der Waals surface area contributed by atoms with Gasteiger partial charge in [-0.25, -0.2) is 0 Å². The summed E-state index contributed by atoms with van der Waals surface area (Å²) in [6.07, 6.45) is 1.22. The summed E-state index contributed by atoms with van der Waals surface area (Å²) in [7, 11) is 1.66. The molecule has 0 saturated carbocycles. The highest BCUT2D eigenvalue weighted by Gasteiger charge is 2.33. The summed E-state index contributed by atoms with van der Waals surface area (Å²) in [5, 5.41) is 11.6. The second-order valence-corrected chi connectivity index (χ2v) is 6.60. The van der Waals surface area contributed by atoms with Crippen LogP contribution in [0.1, 0.15) is 17.5 Å². The maximum Gasteiger partial charge on any atom is 0.124 e. The smallest absolute Gasteiger partial charge is 0.124 e. The van der Waals surface area contributed by atoms with Crippen LogP contribution in [0.25, 0.3) is 0 Å². The Morgan fingerprint density at radius 2 is 1.72 bits per heavy atom. The van der Waals surface area contributed by atoms with Gasteiger partial charge in [0.05, 0.1) is 25.9 Å². The Hall–Kier alpha value is -1.88. The second-order valence-electron chi connectivity index (χ2n) is 6.60. The number of morpholine rings is 1. The van der Waals surface area contributed by atoms with Gasteiger partial charge in [0.2, 0.25) is 0 Å². The molecule has 2 aromatic carbocycles. The Kier molecular flexibility index (Phi) is 6.08. The molecule has 25 heavy (non-hydrogen) atoms. The highest BCUT2D eigenvalue weighted by Crippen LogP contribution is 2.35. The fourth-order valence-corrected chi connectivity index (χ4v) is 3.45. The van der Waals surface area contributed by atoms with Crippen LogP contribution in [-0.2, 0) is 16.8 Å². The van der Waals surface area contributed by atoms with E-state index in [2.05, 4.69) is 17.0 Å². The van der Waals surface area contributed by atoms with Gasteiger partial charge in [0.15, 0.2) is 0 Å². The lowest BCUT2D eigenvalue weighted by molar-refractivity contribution is -0.00569. The molecule has 2 aromatic rings. The van der Waals surface area contributed by atoms with Crippen molar-refractivity contribution in [3.05, 3.63) is 65.7 Å². The van der Waals surface area contributed by atoms with Crippen molar-refractivity contribution >= 4 is 0 Å². The lowest BCUT2D eigenvalue weighted by atomic mass is 9.83. The minimum atomic E-state index is -0.966. The number of rotatable bonds is 7. The molecule has 0 radical (unpaired) electrons. The van der Waals surface area contributed by atoms with E-state index in [9.17, 15) is 5.11 Å². The number of benzene rings is 2. The highest BCUT2D eigenvalue weighted by atomic mass is 16.5. The standard InChI is InChI=1S/C21H27NO3/c1-24-20-10-6-5-9-19(20)21(23,17-18-7-3-2-4-8-18)11-12-22-13-15-25-16-14-22/h2-10,23H,11-17H2,1H3. The molecule has 0 amide bonds. The van der Waals surface area contributed by atoms with Crippen LogP contribution in [-0.4, -0.2) is 50.0 Å². The molecule has 134 valence electrons. The monoisotopic (exact) mass is 341 g/mol. The summed E-state index contributed by atoms with van der Waals surface area (Å²) in [4.78, 5) is 2.36. The molecular weight excluding hydrogens is 314 g/mol. The van der Waals surface area contributed by atoms with Gasteiger partial charge in [-0.15, -0.1) is 0 Å². The zero-order valence-corrected chi connectivity index (χ0v) is 14.9. The first-order valence-electron chi connectivity index (χ1n) is 8.91. The minimum absolute atomic E-state index is 0.568. The van der Waals surface area contributed by atoms with E-state index in [1.54, 1.807) is 7.11 Å². The van der Waals surface area contributed by atoms with Crippen LogP contribution < -0.4 is 4.74 Å². The predicted molar refractivity (Wildman–Crippen MR) is 98.9 cm³/mol. The number of ether oxygens (including phenoxy) is 2. The molecule has 1 unspecified atom stereocenters. The number of methoxy groups -OCH3 is 1. The molecule has 0 spiro atoms. The normalized spacial score (nSPS) is 17.8. The molecule has 1 aliphatic rings. The Morgan fingerprint density at radius 3 is 2.44 bits per heavy atom. The molecule has 1 aliphatic heterocycles. The fraction of sp³-hybridized carbons (Fsp3) is 0.429.